The highest BCUT2D eigenvalue weighted by Crippen LogP contribution is 2.28. The molecule has 0 aliphatic heterocycles. The molecule has 0 fully saturated rings. The third-order valence-electron chi connectivity index (χ3n) is 3.50. The molecule has 2 heterocycles. The van der Waals surface area contributed by atoms with Crippen molar-refractivity contribution < 1.29 is 9.53 Å². The Hall–Kier alpha value is -2.65. The maximum atomic E-state index is 12.7. The van der Waals surface area contributed by atoms with E-state index in [1.807, 2.05) is 43.5 Å². The second kappa shape index (κ2) is 8.15. The van der Waals surface area contributed by atoms with Gasteiger partial charge in [0.1, 0.15) is 0 Å². The normalized spacial score (nSPS) is 10.4. The minimum absolute atomic E-state index is 0.294. The van der Waals surface area contributed by atoms with Crippen molar-refractivity contribution in [1.82, 2.24) is 15.2 Å². The van der Waals surface area contributed by atoms with Crippen LogP contribution in [0.3, 0.4) is 0 Å². The van der Waals surface area contributed by atoms with Crippen LogP contribution in [0.1, 0.15) is 16.1 Å². The number of anilines is 2. The van der Waals surface area contributed by atoms with Crippen molar-refractivity contribution in [3.63, 3.8) is 0 Å². The Morgan fingerprint density at radius 3 is 2.65 bits per heavy atom. The van der Waals surface area contributed by atoms with Crippen molar-refractivity contribution >= 4 is 40.0 Å². The molecular weight excluding hydrogens is 370 g/mol. The summed E-state index contributed by atoms with van der Waals surface area (Å²) < 4.78 is 8.17. The molecule has 1 aromatic carbocycles. The van der Waals surface area contributed by atoms with E-state index < -0.39 is 0 Å². The highest BCUT2D eigenvalue weighted by atomic mass is 32.2. The number of aryl methyl sites for hydroxylation is 1. The number of hydrogen-bond donors (Lipinski definition) is 2. The van der Waals surface area contributed by atoms with E-state index in [0.717, 1.165) is 33.8 Å². The van der Waals surface area contributed by atoms with Crippen LogP contribution in [0, 0.1) is 6.92 Å². The summed E-state index contributed by atoms with van der Waals surface area (Å²) >= 11 is 2.69. The molecule has 3 rings (SSSR count). The number of amides is 1. The minimum Gasteiger partial charge on any atom is -0.472 e. The topological polar surface area (TPSA) is 89.0 Å². The molecular formula is C17H17N5O2S2. The van der Waals surface area contributed by atoms with Gasteiger partial charge in [-0.25, -0.2) is 0 Å². The molecule has 9 heteroatoms. The molecule has 26 heavy (non-hydrogen) atoms. The molecule has 0 aliphatic carbocycles. The Bertz CT molecular complexity index is 912. The summed E-state index contributed by atoms with van der Waals surface area (Å²) in [6, 6.07) is 9.78. The van der Waals surface area contributed by atoms with Gasteiger partial charge >= 0.3 is 0 Å². The van der Waals surface area contributed by atoms with Gasteiger partial charge in [0.25, 0.3) is 11.1 Å². The molecule has 0 spiro atoms. The number of methoxy groups -OCH3 is 1. The Kier molecular flexibility index (Phi) is 5.69. The molecule has 0 aliphatic rings. The summed E-state index contributed by atoms with van der Waals surface area (Å²) in [6.45, 7) is 1.89. The van der Waals surface area contributed by atoms with Crippen LogP contribution >= 0.6 is 23.3 Å². The fraction of sp³-hybridized carbons (Fsp3) is 0.176. The largest absolute Gasteiger partial charge is 0.472 e. The molecule has 1 amide bonds. The molecule has 2 aromatic heterocycles. The lowest BCUT2D eigenvalue weighted by Crippen LogP contribution is -2.13. The molecule has 0 bridgehead atoms. The average molecular weight is 387 g/mol. The lowest BCUT2D eigenvalue weighted by molar-refractivity contribution is 0.102. The van der Waals surface area contributed by atoms with Crippen molar-refractivity contribution in [3.05, 3.63) is 47.8 Å². The van der Waals surface area contributed by atoms with Gasteiger partial charge in [-0.15, -0.1) is 5.10 Å². The van der Waals surface area contributed by atoms with E-state index in [0.29, 0.717) is 15.9 Å². The number of pyridine rings is 1. The Morgan fingerprint density at radius 1 is 1.23 bits per heavy atom. The van der Waals surface area contributed by atoms with Gasteiger partial charge in [-0.2, -0.15) is 0 Å². The molecule has 0 unspecified atom stereocenters. The predicted octanol–water partition coefficient (Wildman–Crippen LogP) is 3.86. The first kappa shape index (κ1) is 18.2. The van der Waals surface area contributed by atoms with Gasteiger partial charge in [0.05, 0.1) is 12.7 Å². The summed E-state index contributed by atoms with van der Waals surface area (Å²) in [7, 11) is 1.50. The summed E-state index contributed by atoms with van der Waals surface area (Å²) in [6.07, 6.45) is 3.54. The average Bonchev–Trinajstić information content (AvgIpc) is 3.10. The van der Waals surface area contributed by atoms with Crippen molar-refractivity contribution in [2.45, 2.75) is 6.92 Å². The van der Waals surface area contributed by atoms with E-state index in [1.54, 1.807) is 6.20 Å². The summed E-state index contributed by atoms with van der Waals surface area (Å²) in [5.41, 5.74) is 4.04. The number of hydrogen-bond acceptors (Lipinski definition) is 8. The molecule has 134 valence electrons. The molecule has 3 aromatic rings. The maximum absolute atomic E-state index is 12.7. The van der Waals surface area contributed by atoms with Crippen molar-refractivity contribution in [2.24, 2.45) is 0 Å². The first-order valence-corrected chi connectivity index (χ1v) is 9.69. The number of ether oxygens (including phenoxy) is 1. The highest BCUT2D eigenvalue weighted by molar-refractivity contribution is 7.99. The van der Waals surface area contributed by atoms with Gasteiger partial charge < -0.3 is 9.46 Å². The van der Waals surface area contributed by atoms with E-state index in [4.69, 9.17) is 4.74 Å². The zero-order chi connectivity index (χ0) is 18.5. The fourth-order valence-corrected chi connectivity index (χ4v) is 3.25. The first-order chi connectivity index (χ1) is 12.6. The van der Waals surface area contributed by atoms with Crippen molar-refractivity contribution in [2.75, 3.05) is 23.4 Å². The third kappa shape index (κ3) is 4.12. The zero-order valence-electron chi connectivity index (χ0n) is 14.4. The SMILES string of the molecule is COc1nnc(NC(=O)c2cnc(C)cc2-c2ccc(NSC)cc2)s1. The van der Waals surface area contributed by atoms with Crippen LogP contribution in [0.25, 0.3) is 11.1 Å². The number of nitrogens with zero attached hydrogens (tertiary/aromatic N) is 3. The monoisotopic (exact) mass is 387 g/mol. The second-order valence-electron chi connectivity index (χ2n) is 5.29. The van der Waals surface area contributed by atoms with Gasteiger partial charge in [-0.1, -0.05) is 29.2 Å². The van der Waals surface area contributed by atoms with Crippen LogP contribution in [0.4, 0.5) is 10.8 Å². The summed E-state index contributed by atoms with van der Waals surface area (Å²) in [5.74, 6) is -0.294. The quantitative estimate of drug-likeness (QED) is 0.621. The first-order valence-electron chi connectivity index (χ1n) is 7.65. The zero-order valence-corrected chi connectivity index (χ0v) is 16.1. The smallest absolute Gasteiger partial charge is 0.295 e. The minimum atomic E-state index is -0.294. The molecule has 0 saturated heterocycles. The molecule has 0 radical (unpaired) electrons. The number of benzene rings is 1. The number of rotatable bonds is 6. The van der Waals surface area contributed by atoms with Crippen LogP contribution in [-0.2, 0) is 0 Å². The number of carbonyl (C=O) groups is 1. The van der Waals surface area contributed by atoms with E-state index >= 15 is 0 Å². The molecule has 7 nitrogen and oxygen atoms in total. The van der Waals surface area contributed by atoms with E-state index in [1.165, 1.54) is 19.1 Å². The third-order valence-corrected chi connectivity index (χ3v) is 4.74. The summed E-state index contributed by atoms with van der Waals surface area (Å²) in [5, 5.41) is 11.2. The molecule has 2 N–H and O–H groups in total. The molecule has 0 atom stereocenters. The Morgan fingerprint density at radius 2 is 2.00 bits per heavy atom. The highest BCUT2D eigenvalue weighted by Gasteiger charge is 2.16. The van der Waals surface area contributed by atoms with Gasteiger partial charge in [-0.3, -0.25) is 15.1 Å². The van der Waals surface area contributed by atoms with Crippen molar-refractivity contribution in [1.29, 1.82) is 0 Å². The van der Waals surface area contributed by atoms with E-state index in [-0.39, 0.29) is 5.91 Å². The van der Waals surface area contributed by atoms with Gasteiger partial charge in [0.2, 0.25) is 5.13 Å². The van der Waals surface area contributed by atoms with E-state index in [9.17, 15) is 4.79 Å². The Balaban J connectivity index is 1.90. The summed E-state index contributed by atoms with van der Waals surface area (Å²) in [4.78, 5) is 17.0. The number of aromatic nitrogens is 3. The van der Waals surface area contributed by atoms with Crippen LogP contribution in [0.15, 0.2) is 36.5 Å². The standard InChI is InChI=1S/C17H17N5O2S2/c1-10-8-13(11-4-6-12(7-5-11)22-25-3)14(9-18-10)15(23)19-16-20-21-17(24-2)26-16/h4-9,22H,1-3H3,(H,19,20,23). The van der Waals surface area contributed by atoms with Crippen LogP contribution < -0.4 is 14.8 Å². The predicted molar refractivity (Wildman–Crippen MR) is 106 cm³/mol. The second-order valence-corrected chi connectivity index (χ2v) is 6.84. The van der Waals surface area contributed by atoms with E-state index in [2.05, 4.69) is 25.2 Å². The Labute approximate surface area is 159 Å². The molecule has 0 saturated carbocycles. The fourth-order valence-electron chi connectivity index (χ4n) is 2.32. The lowest BCUT2D eigenvalue weighted by atomic mass is 10.00. The van der Waals surface area contributed by atoms with Crippen LogP contribution in [0.2, 0.25) is 0 Å². The van der Waals surface area contributed by atoms with Gasteiger partial charge in [-0.05, 0) is 47.6 Å². The van der Waals surface area contributed by atoms with Crippen LogP contribution in [-0.4, -0.2) is 34.5 Å². The number of nitrogens with one attached hydrogen (secondary N) is 2. The van der Waals surface area contributed by atoms with Crippen molar-refractivity contribution in [3.8, 4) is 16.3 Å². The van der Waals surface area contributed by atoms with Gasteiger partial charge in [0.15, 0.2) is 0 Å². The number of carbonyl (C=O) groups excluding carboxylic acids is 1. The lowest BCUT2D eigenvalue weighted by Gasteiger charge is -2.11. The maximum Gasteiger partial charge on any atom is 0.295 e. The van der Waals surface area contributed by atoms with Crippen LogP contribution in [0.5, 0.6) is 5.19 Å². The van der Waals surface area contributed by atoms with Gasteiger partial charge in [0, 0.05) is 23.8 Å².